The molecule has 2 fully saturated rings. The average Bonchev–Trinajstić information content (AvgIpc) is 2.83. The number of morpholine rings is 1. The molecule has 2 bridgehead atoms. The van der Waals surface area contributed by atoms with Crippen molar-refractivity contribution >= 4 is 21.6 Å². The molecule has 0 aromatic heterocycles. The van der Waals surface area contributed by atoms with Crippen molar-refractivity contribution in [1.29, 1.82) is 0 Å². The number of halogens is 1. The Bertz CT molecular complexity index is 482. The molecule has 4 heteroatoms. The fourth-order valence-electron chi connectivity index (χ4n) is 3.44. The van der Waals surface area contributed by atoms with Crippen LogP contribution >= 0.6 is 15.9 Å². The van der Waals surface area contributed by atoms with E-state index in [-0.39, 0.29) is 0 Å². The molecule has 2 saturated heterocycles. The quantitative estimate of drug-likeness (QED) is 0.870. The highest BCUT2D eigenvalue weighted by Crippen LogP contribution is 2.34. The maximum atomic E-state index is 5.97. The van der Waals surface area contributed by atoms with Crippen LogP contribution in [0.1, 0.15) is 44.7 Å². The van der Waals surface area contributed by atoms with E-state index in [0.717, 1.165) is 30.5 Å². The molecule has 3 atom stereocenters. The number of nitrogens with zero attached hydrogens (tertiary/aromatic N) is 1. The van der Waals surface area contributed by atoms with Gasteiger partial charge in [0.2, 0.25) is 0 Å². The van der Waals surface area contributed by atoms with Gasteiger partial charge in [-0.1, -0.05) is 22.9 Å². The van der Waals surface area contributed by atoms with Crippen LogP contribution in [0.25, 0.3) is 0 Å². The van der Waals surface area contributed by atoms with Crippen molar-refractivity contribution in [1.82, 2.24) is 5.32 Å². The van der Waals surface area contributed by atoms with Crippen molar-refractivity contribution in [3.05, 3.63) is 28.2 Å². The van der Waals surface area contributed by atoms with Crippen LogP contribution in [0.15, 0.2) is 22.7 Å². The van der Waals surface area contributed by atoms with Gasteiger partial charge in [-0.05, 0) is 56.5 Å². The van der Waals surface area contributed by atoms with E-state index in [9.17, 15) is 0 Å². The summed E-state index contributed by atoms with van der Waals surface area (Å²) >= 11 is 3.62. The SMILES string of the molecule is CCCNC(C)c1cc(Br)ccc1N1CC2CCC(C1)O2. The Hall–Kier alpha value is -0.580. The van der Waals surface area contributed by atoms with Crippen LogP contribution in [-0.2, 0) is 4.74 Å². The standard InChI is InChI=1S/C17H25BrN2O/c1-3-8-19-12(2)16-9-13(18)4-7-17(16)20-10-14-5-6-15(11-20)21-14/h4,7,9,12,14-15,19H,3,5-6,8,10-11H2,1-2H3. The Morgan fingerprint density at radius 3 is 2.71 bits per heavy atom. The zero-order chi connectivity index (χ0) is 14.8. The topological polar surface area (TPSA) is 24.5 Å². The molecule has 3 rings (SSSR count). The highest BCUT2D eigenvalue weighted by Gasteiger charge is 2.34. The smallest absolute Gasteiger partial charge is 0.0755 e. The summed E-state index contributed by atoms with van der Waals surface area (Å²) in [5.41, 5.74) is 2.76. The molecular weight excluding hydrogens is 328 g/mol. The third kappa shape index (κ3) is 3.43. The predicted octanol–water partition coefficient (Wildman–Crippen LogP) is 3.88. The molecule has 0 saturated carbocycles. The summed E-state index contributed by atoms with van der Waals surface area (Å²) in [4.78, 5) is 2.53. The largest absolute Gasteiger partial charge is 0.371 e. The van der Waals surface area contributed by atoms with E-state index < -0.39 is 0 Å². The number of benzene rings is 1. The number of nitrogens with one attached hydrogen (secondary N) is 1. The summed E-state index contributed by atoms with van der Waals surface area (Å²) in [5.74, 6) is 0. The lowest BCUT2D eigenvalue weighted by Gasteiger charge is -2.36. The molecule has 21 heavy (non-hydrogen) atoms. The lowest BCUT2D eigenvalue weighted by atomic mass is 10.0. The van der Waals surface area contributed by atoms with Crippen LogP contribution in [0.4, 0.5) is 5.69 Å². The van der Waals surface area contributed by atoms with Crippen LogP contribution in [0.2, 0.25) is 0 Å². The minimum Gasteiger partial charge on any atom is -0.371 e. The first-order chi connectivity index (χ1) is 10.2. The first-order valence-electron chi connectivity index (χ1n) is 8.10. The Kier molecular flexibility index (Phi) is 4.87. The van der Waals surface area contributed by atoms with Gasteiger partial charge in [0.25, 0.3) is 0 Å². The van der Waals surface area contributed by atoms with Gasteiger partial charge in [0, 0.05) is 29.3 Å². The highest BCUT2D eigenvalue weighted by molar-refractivity contribution is 9.10. The van der Waals surface area contributed by atoms with Gasteiger partial charge in [0.1, 0.15) is 0 Å². The van der Waals surface area contributed by atoms with Gasteiger partial charge < -0.3 is 15.0 Å². The molecule has 2 aliphatic rings. The summed E-state index contributed by atoms with van der Waals surface area (Å²) in [7, 11) is 0. The molecule has 1 N–H and O–H groups in total. The van der Waals surface area contributed by atoms with Gasteiger partial charge in [-0.3, -0.25) is 0 Å². The Balaban J connectivity index is 1.83. The minimum atomic E-state index is 0.373. The summed E-state index contributed by atoms with van der Waals surface area (Å²) in [6, 6.07) is 7.05. The van der Waals surface area contributed by atoms with Gasteiger partial charge in [-0.25, -0.2) is 0 Å². The van der Waals surface area contributed by atoms with Gasteiger partial charge in [-0.15, -0.1) is 0 Å². The van der Waals surface area contributed by atoms with Crippen molar-refractivity contribution in [3.8, 4) is 0 Å². The molecule has 1 aromatic rings. The molecule has 3 nitrogen and oxygen atoms in total. The van der Waals surface area contributed by atoms with Crippen molar-refractivity contribution in [2.24, 2.45) is 0 Å². The van der Waals surface area contributed by atoms with Crippen LogP contribution in [0.5, 0.6) is 0 Å². The molecule has 0 amide bonds. The first-order valence-corrected chi connectivity index (χ1v) is 8.90. The monoisotopic (exact) mass is 352 g/mol. The van der Waals surface area contributed by atoms with E-state index in [0.29, 0.717) is 18.2 Å². The molecular formula is C17H25BrN2O. The zero-order valence-corrected chi connectivity index (χ0v) is 14.5. The number of anilines is 1. The van der Waals surface area contributed by atoms with E-state index in [1.54, 1.807) is 0 Å². The first kappa shape index (κ1) is 15.3. The second kappa shape index (κ2) is 6.67. The maximum Gasteiger partial charge on any atom is 0.0755 e. The number of rotatable bonds is 5. The van der Waals surface area contributed by atoms with E-state index in [1.807, 2.05) is 0 Å². The third-order valence-electron chi connectivity index (χ3n) is 4.54. The Morgan fingerprint density at radius 2 is 2.05 bits per heavy atom. The van der Waals surface area contributed by atoms with Crippen LogP contribution < -0.4 is 10.2 Å². The predicted molar refractivity (Wildman–Crippen MR) is 91.0 cm³/mol. The number of ether oxygens (including phenoxy) is 1. The Labute approximate surface area is 136 Å². The summed E-state index contributed by atoms with van der Waals surface area (Å²) in [6.45, 7) is 7.59. The third-order valence-corrected chi connectivity index (χ3v) is 5.03. The molecule has 3 unspecified atom stereocenters. The number of hydrogen-bond donors (Lipinski definition) is 1. The number of fused-ring (bicyclic) bond motifs is 2. The fourth-order valence-corrected chi connectivity index (χ4v) is 3.82. The minimum absolute atomic E-state index is 0.373. The molecule has 0 aliphatic carbocycles. The second-order valence-corrected chi connectivity index (χ2v) is 7.16. The van der Waals surface area contributed by atoms with Gasteiger partial charge in [0.05, 0.1) is 12.2 Å². The Morgan fingerprint density at radius 1 is 1.33 bits per heavy atom. The normalized spacial score (nSPS) is 26.1. The van der Waals surface area contributed by atoms with Gasteiger partial charge >= 0.3 is 0 Å². The summed E-state index contributed by atoms with van der Waals surface area (Å²) < 4.78 is 7.13. The van der Waals surface area contributed by atoms with Gasteiger partial charge in [0.15, 0.2) is 0 Å². The number of hydrogen-bond acceptors (Lipinski definition) is 3. The molecule has 2 aliphatic heterocycles. The molecule has 0 radical (unpaired) electrons. The van der Waals surface area contributed by atoms with Crippen molar-refractivity contribution in [3.63, 3.8) is 0 Å². The van der Waals surface area contributed by atoms with Crippen molar-refractivity contribution in [2.45, 2.75) is 51.4 Å². The maximum absolute atomic E-state index is 5.97. The second-order valence-electron chi connectivity index (χ2n) is 6.24. The zero-order valence-electron chi connectivity index (χ0n) is 12.9. The van der Waals surface area contributed by atoms with E-state index >= 15 is 0 Å². The summed E-state index contributed by atoms with van der Waals surface area (Å²) in [6.07, 6.45) is 4.46. The van der Waals surface area contributed by atoms with E-state index in [4.69, 9.17) is 4.74 Å². The lowest BCUT2D eigenvalue weighted by molar-refractivity contribution is 0.0304. The van der Waals surface area contributed by atoms with Crippen molar-refractivity contribution in [2.75, 3.05) is 24.5 Å². The van der Waals surface area contributed by atoms with E-state index in [1.165, 1.54) is 24.1 Å². The fraction of sp³-hybridized carbons (Fsp3) is 0.647. The molecule has 2 heterocycles. The molecule has 1 aromatic carbocycles. The molecule has 116 valence electrons. The van der Waals surface area contributed by atoms with Gasteiger partial charge in [-0.2, -0.15) is 0 Å². The lowest BCUT2D eigenvalue weighted by Crippen LogP contribution is -2.43. The van der Waals surface area contributed by atoms with Crippen LogP contribution in [0.3, 0.4) is 0 Å². The average molecular weight is 353 g/mol. The van der Waals surface area contributed by atoms with E-state index in [2.05, 4.69) is 58.2 Å². The van der Waals surface area contributed by atoms with Crippen molar-refractivity contribution < 1.29 is 4.74 Å². The van der Waals surface area contributed by atoms with Crippen LogP contribution in [0, 0.1) is 0 Å². The van der Waals surface area contributed by atoms with Crippen LogP contribution in [-0.4, -0.2) is 31.8 Å². The summed E-state index contributed by atoms with van der Waals surface area (Å²) in [5, 5.41) is 3.61. The highest BCUT2D eigenvalue weighted by atomic mass is 79.9. The molecule has 0 spiro atoms.